The molecule has 0 spiro atoms. The van der Waals surface area contributed by atoms with Crippen LogP contribution in [0.5, 0.6) is 0 Å². The quantitative estimate of drug-likeness (QED) is 0.285. The molecule has 0 saturated carbocycles. The third kappa shape index (κ3) is 6.01. The first-order valence-corrected chi connectivity index (χ1v) is 9.53. The summed E-state index contributed by atoms with van der Waals surface area (Å²) in [5, 5.41) is 0. The Bertz CT molecular complexity index is 597. The summed E-state index contributed by atoms with van der Waals surface area (Å²) in [7, 11) is 0. The smallest absolute Gasteiger partial charge is 0.125 e. The summed E-state index contributed by atoms with van der Waals surface area (Å²) >= 11 is 16.4. The molecule has 7 heteroatoms. The number of rotatable bonds is 1. The van der Waals surface area contributed by atoms with E-state index in [0.29, 0.717) is 5.56 Å². The summed E-state index contributed by atoms with van der Waals surface area (Å²) < 4.78 is 28.9. The Labute approximate surface area is 164 Å². The van der Waals surface area contributed by atoms with Crippen LogP contribution in [0.4, 0.5) is 8.78 Å². The lowest BCUT2D eigenvalue weighted by Gasteiger charge is -2.01. The Morgan fingerprint density at radius 1 is 0.810 bits per heavy atom. The fourth-order valence-corrected chi connectivity index (χ4v) is 3.94. The maximum absolute atomic E-state index is 12.5. The van der Waals surface area contributed by atoms with E-state index in [1.54, 1.807) is 12.1 Å². The van der Waals surface area contributed by atoms with Gasteiger partial charge in [0.25, 0.3) is 0 Å². The van der Waals surface area contributed by atoms with E-state index < -0.39 is 6.67 Å². The monoisotopic (exact) mass is 610 g/mol. The Balaban J connectivity index is 0.000000211. The van der Waals surface area contributed by atoms with Gasteiger partial charge >= 0.3 is 0 Å². The van der Waals surface area contributed by atoms with Crippen LogP contribution in [0, 0.1) is 12.7 Å². The Hall–Kier alpha value is 0.700. The molecule has 0 N–H and O–H groups in total. The minimum absolute atomic E-state index is 0.232. The van der Waals surface area contributed by atoms with Gasteiger partial charge in [-0.2, -0.15) is 0 Å². The van der Waals surface area contributed by atoms with E-state index >= 15 is 0 Å². The van der Waals surface area contributed by atoms with Crippen molar-refractivity contribution in [3.05, 3.63) is 63.6 Å². The van der Waals surface area contributed by atoms with Crippen LogP contribution in [0.2, 0.25) is 0 Å². The van der Waals surface area contributed by atoms with Crippen LogP contribution in [0.3, 0.4) is 0 Å². The number of halogens is 7. The molecule has 0 aliphatic rings. The second-order valence-corrected chi connectivity index (χ2v) is 8.21. The van der Waals surface area contributed by atoms with Crippen LogP contribution < -0.4 is 0 Å². The van der Waals surface area contributed by atoms with E-state index in [4.69, 9.17) is 0 Å². The van der Waals surface area contributed by atoms with E-state index in [-0.39, 0.29) is 5.82 Å². The zero-order valence-corrected chi connectivity index (χ0v) is 18.6. The molecule has 0 amide bonds. The second-order valence-electron chi connectivity index (χ2n) is 4.00. The predicted molar refractivity (Wildman–Crippen MR) is 101 cm³/mol. The molecule has 0 bridgehead atoms. The van der Waals surface area contributed by atoms with Crippen molar-refractivity contribution in [2.24, 2.45) is 0 Å². The fourth-order valence-electron chi connectivity index (χ4n) is 1.30. The van der Waals surface area contributed by atoms with E-state index in [2.05, 4.69) is 79.6 Å². The molecule has 0 saturated heterocycles. The molecule has 2 rings (SSSR count). The minimum Gasteiger partial charge on any atom is -0.246 e. The lowest BCUT2D eigenvalue weighted by atomic mass is 10.2. The Morgan fingerprint density at radius 2 is 1.24 bits per heavy atom. The second kappa shape index (κ2) is 9.11. The molecule has 0 aliphatic carbocycles. The third-order valence-corrected chi connectivity index (χ3v) is 7.26. The molecule has 114 valence electrons. The van der Waals surface area contributed by atoms with Crippen molar-refractivity contribution in [3.8, 4) is 0 Å². The molecule has 2 aromatic carbocycles. The van der Waals surface area contributed by atoms with Crippen molar-refractivity contribution >= 4 is 79.6 Å². The van der Waals surface area contributed by atoms with Crippen LogP contribution >= 0.6 is 79.6 Å². The standard InChI is InChI=1S/C7H4Br3F.C7H5Br2F/c8-5-1-4(3-11)2-6(9)7(5)10;1-4-6(8)2-5(10)3-7(4)9/h1-2H,3H2;2-3H,1H3. The van der Waals surface area contributed by atoms with Crippen molar-refractivity contribution in [2.75, 3.05) is 0 Å². The first-order valence-electron chi connectivity index (χ1n) is 5.56. The molecule has 0 atom stereocenters. The lowest BCUT2D eigenvalue weighted by molar-refractivity contribution is 0.485. The molecular formula is C14H9Br5F2. The zero-order chi connectivity index (χ0) is 16.2. The maximum atomic E-state index is 12.5. The van der Waals surface area contributed by atoms with Crippen LogP contribution in [-0.4, -0.2) is 0 Å². The van der Waals surface area contributed by atoms with E-state index in [1.165, 1.54) is 12.1 Å². The molecule has 0 radical (unpaired) electrons. The largest absolute Gasteiger partial charge is 0.246 e. The van der Waals surface area contributed by atoms with Crippen molar-refractivity contribution < 1.29 is 8.78 Å². The van der Waals surface area contributed by atoms with E-state index in [0.717, 1.165) is 27.9 Å². The Kier molecular flexibility index (Phi) is 8.56. The number of alkyl halides is 1. The van der Waals surface area contributed by atoms with Crippen LogP contribution in [0.15, 0.2) is 46.6 Å². The van der Waals surface area contributed by atoms with Gasteiger partial charge in [0.15, 0.2) is 0 Å². The van der Waals surface area contributed by atoms with Gasteiger partial charge in [0, 0.05) is 22.4 Å². The van der Waals surface area contributed by atoms with Gasteiger partial charge in [0.1, 0.15) is 12.5 Å². The van der Waals surface area contributed by atoms with Gasteiger partial charge in [-0.25, -0.2) is 8.78 Å². The molecule has 0 aliphatic heterocycles. The highest BCUT2D eigenvalue weighted by atomic mass is 79.9. The fraction of sp³-hybridized carbons (Fsp3) is 0.143. The first kappa shape index (κ1) is 19.7. The summed E-state index contributed by atoms with van der Waals surface area (Å²) in [6.07, 6.45) is 0. The van der Waals surface area contributed by atoms with Gasteiger partial charge in [-0.05, 0) is 90.1 Å². The highest BCUT2D eigenvalue weighted by molar-refractivity contribution is 9.14. The third-order valence-electron chi connectivity index (χ3n) is 2.44. The molecule has 0 heterocycles. The number of hydrogen-bond donors (Lipinski definition) is 0. The number of benzene rings is 2. The molecule has 0 aromatic heterocycles. The summed E-state index contributed by atoms with van der Waals surface area (Å²) in [5.74, 6) is -0.232. The molecule has 0 unspecified atom stereocenters. The average molecular weight is 615 g/mol. The highest BCUT2D eigenvalue weighted by Crippen LogP contribution is 2.32. The van der Waals surface area contributed by atoms with Crippen LogP contribution in [0.1, 0.15) is 11.1 Å². The highest BCUT2D eigenvalue weighted by Gasteiger charge is 2.03. The van der Waals surface area contributed by atoms with Gasteiger partial charge in [-0.3, -0.25) is 0 Å². The molecule has 21 heavy (non-hydrogen) atoms. The van der Waals surface area contributed by atoms with Gasteiger partial charge in [-0.15, -0.1) is 0 Å². The van der Waals surface area contributed by atoms with Crippen LogP contribution in [0.25, 0.3) is 0 Å². The van der Waals surface area contributed by atoms with Crippen LogP contribution in [-0.2, 0) is 6.67 Å². The Morgan fingerprint density at radius 3 is 1.62 bits per heavy atom. The lowest BCUT2D eigenvalue weighted by Crippen LogP contribution is -1.80. The van der Waals surface area contributed by atoms with Crippen molar-refractivity contribution in [1.29, 1.82) is 0 Å². The number of hydrogen-bond acceptors (Lipinski definition) is 0. The summed E-state index contributed by atoms with van der Waals surface area (Å²) in [6.45, 7) is 1.47. The SMILES string of the molecule is Cc1c(Br)cc(F)cc1Br.FCc1cc(Br)c(Br)c(Br)c1. The van der Waals surface area contributed by atoms with Crippen molar-refractivity contribution in [1.82, 2.24) is 0 Å². The molecule has 0 nitrogen and oxygen atoms in total. The molecule has 0 fully saturated rings. The topological polar surface area (TPSA) is 0 Å². The summed E-state index contributed by atoms with van der Waals surface area (Å²) in [6, 6.07) is 6.38. The van der Waals surface area contributed by atoms with E-state index in [1.807, 2.05) is 6.92 Å². The normalized spacial score (nSPS) is 10.1. The average Bonchev–Trinajstić information content (AvgIpc) is 2.42. The van der Waals surface area contributed by atoms with E-state index in [9.17, 15) is 8.78 Å². The molecule has 2 aromatic rings. The predicted octanol–water partition coefficient (Wildman–Crippen LogP) is 8.10. The summed E-state index contributed by atoms with van der Waals surface area (Å²) in [4.78, 5) is 0. The first-order chi connectivity index (χ1) is 9.76. The van der Waals surface area contributed by atoms with Crippen molar-refractivity contribution in [3.63, 3.8) is 0 Å². The van der Waals surface area contributed by atoms with Gasteiger partial charge < -0.3 is 0 Å². The van der Waals surface area contributed by atoms with Gasteiger partial charge in [0.05, 0.1) is 0 Å². The summed E-state index contributed by atoms with van der Waals surface area (Å²) in [5.41, 5.74) is 1.67. The zero-order valence-electron chi connectivity index (χ0n) is 10.7. The maximum Gasteiger partial charge on any atom is 0.125 e. The van der Waals surface area contributed by atoms with Gasteiger partial charge in [-0.1, -0.05) is 31.9 Å². The minimum atomic E-state index is -0.440. The molecular weight excluding hydrogens is 606 g/mol. The van der Waals surface area contributed by atoms with Crippen molar-refractivity contribution in [2.45, 2.75) is 13.6 Å². The van der Waals surface area contributed by atoms with Gasteiger partial charge in [0.2, 0.25) is 0 Å².